The summed E-state index contributed by atoms with van der Waals surface area (Å²) in [7, 11) is 1.24. The van der Waals surface area contributed by atoms with Crippen molar-refractivity contribution in [2.45, 2.75) is 19.1 Å². The van der Waals surface area contributed by atoms with Gasteiger partial charge in [0.2, 0.25) is 0 Å². The van der Waals surface area contributed by atoms with E-state index in [1.165, 1.54) is 43.5 Å². The van der Waals surface area contributed by atoms with Crippen molar-refractivity contribution in [2.75, 3.05) is 12.4 Å². The van der Waals surface area contributed by atoms with Gasteiger partial charge >= 0.3 is 17.8 Å². The van der Waals surface area contributed by atoms with Crippen LogP contribution in [0.15, 0.2) is 59.4 Å². The van der Waals surface area contributed by atoms with Gasteiger partial charge in [-0.1, -0.05) is 17.7 Å². The molecule has 0 bridgehead atoms. The summed E-state index contributed by atoms with van der Waals surface area (Å²) in [5.41, 5.74) is -1.26. The molecule has 0 aliphatic carbocycles. The summed E-state index contributed by atoms with van der Waals surface area (Å²) < 4.78 is 83.2. The number of hydrogen-bond acceptors (Lipinski definition) is 5. The third-order valence-electron chi connectivity index (χ3n) is 5.78. The minimum Gasteiger partial charge on any atom is -0.496 e. The lowest BCUT2D eigenvalue weighted by molar-refractivity contribution is -0.173. The SMILES string of the molecule is COc1cc(-n2nc(-c3cc(CNC(=O)C(F)(F)F)ccc3Cl)[nH]c2=O)ccc1C(=O)Nc1ccc(F)c(C(F)F)c1. The zero-order valence-corrected chi connectivity index (χ0v) is 21.9. The molecule has 1 aromatic heterocycles. The number of nitrogens with one attached hydrogen (secondary N) is 3. The van der Waals surface area contributed by atoms with Crippen LogP contribution in [0.3, 0.4) is 0 Å². The van der Waals surface area contributed by atoms with Crippen LogP contribution in [0, 0.1) is 5.82 Å². The van der Waals surface area contributed by atoms with Crippen LogP contribution >= 0.6 is 11.6 Å². The molecule has 4 rings (SSSR count). The highest BCUT2D eigenvalue weighted by Gasteiger charge is 2.38. The Labute approximate surface area is 237 Å². The first-order chi connectivity index (χ1) is 19.8. The van der Waals surface area contributed by atoms with Crippen molar-refractivity contribution in [3.8, 4) is 22.8 Å². The number of aromatic nitrogens is 3. The van der Waals surface area contributed by atoms with Gasteiger partial charge in [0.25, 0.3) is 12.3 Å². The minimum atomic E-state index is -5.06. The number of alkyl halides is 5. The Hall–Kier alpha value is -4.79. The number of carbonyl (C=O) groups excluding carboxylic acids is 2. The van der Waals surface area contributed by atoms with Crippen molar-refractivity contribution in [3.63, 3.8) is 0 Å². The number of benzene rings is 3. The summed E-state index contributed by atoms with van der Waals surface area (Å²) >= 11 is 6.21. The highest BCUT2D eigenvalue weighted by Crippen LogP contribution is 2.29. The number of carbonyl (C=O) groups is 2. The van der Waals surface area contributed by atoms with Gasteiger partial charge in [-0.25, -0.2) is 18.0 Å². The lowest BCUT2D eigenvalue weighted by Crippen LogP contribution is -2.36. The van der Waals surface area contributed by atoms with Crippen LogP contribution in [-0.2, 0) is 11.3 Å². The smallest absolute Gasteiger partial charge is 0.471 e. The monoisotopic (exact) mass is 613 g/mol. The van der Waals surface area contributed by atoms with Gasteiger partial charge in [-0.15, -0.1) is 5.10 Å². The van der Waals surface area contributed by atoms with Crippen LogP contribution in [0.4, 0.5) is 32.0 Å². The molecule has 9 nitrogen and oxygen atoms in total. The zero-order chi connectivity index (χ0) is 30.8. The van der Waals surface area contributed by atoms with Crippen LogP contribution < -0.4 is 21.1 Å². The Balaban J connectivity index is 1.59. The van der Waals surface area contributed by atoms with Gasteiger partial charge in [-0.3, -0.25) is 14.6 Å². The molecule has 0 aliphatic heterocycles. The second-order valence-electron chi connectivity index (χ2n) is 8.56. The molecule has 3 N–H and O–H groups in total. The third kappa shape index (κ3) is 6.57. The summed E-state index contributed by atoms with van der Waals surface area (Å²) in [5.74, 6) is -4.12. The lowest BCUT2D eigenvalue weighted by Gasteiger charge is -2.12. The zero-order valence-electron chi connectivity index (χ0n) is 21.2. The molecular weight excluding hydrogens is 596 g/mol. The normalized spacial score (nSPS) is 11.5. The predicted molar refractivity (Wildman–Crippen MR) is 138 cm³/mol. The number of methoxy groups -OCH3 is 1. The maximum atomic E-state index is 13.6. The highest BCUT2D eigenvalue weighted by atomic mass is 35.5. The number of aromatic amines is 1. The average Bonchev–Trinajstić information content (AvgIpc) is 3.33. The van der Waals surface area contributed by atoms with Crippen LogP contribution in [0.5, 0.6) is 5.75 Å². The van der Waals surface area contributed by atoms with E-state index in [2.05, 4.69) is 15.4 Å². The maximum absolute atomic E-state index is 13.6. The molecule has 4 aromatic rings. The van der Waals surface area contributed by atoms with E-state index in [0.29, 0.717) is 0 Å². The van der Waals surface area contributed by atoms with Crippen molar-refractivity contribution in [2.24, 2.45) is 0 Å². The van der Waals surface area contributed by atoms with Crippen molar-refractivity contribution in [1.29, 1.82) is 0 Å². The van der Waals surface area contributed by atoms with Gasteiger partial charge in [0.1, 0.15) is 11.6 Å². The molecule has 2 amide bonds. The van der Waals surface area contributed by atoms with Gasteiger partial charge < -0.3 is 15.4 Å². The molecule has 0 atom stereocenters. The van der Waals surface area contributed by atoms with Crippen LogP contribution in [0.1, 0.15) is 27.9 Å². The van der Waals surface area contributed by atoms with Crippen LogP contribution in [-0.4, -0.2) is 39.9 Å². The number of ether oxygens (including phenoxy) is 1. The number of nitrogens with zero attached hydrogens (tertiary/aromatic N) is 2. The third-order valence-corrected chi connectivity index (χ3v) is 6.11. The van der Waals surface area contributed by atoms with Crippen molar-refractivity contribution < 1.29 is 40.7 Å². The van der Waals surface area contributed by atoms with Crippen LogP contribution in [0.25, 0.3) is 17.1 Å². The fraction of sp³-hybridized carbons (Fsp3) is 0.154. The number of hydrogen-bond donors (Lipinski definition) is 3. The van der Waals surface area contributed by atoms with Gasteiger partial charge in [-0.05, 0) is 48.0 Å². The molecule has 0 fully saturated rings. The molecule has 16 heteroatoms. The Kier molecular flexibility index (Phi) is 8.61. The average molecular weight is 614 g/mol. The maximum Gasteiger partial charge on any atom is 0.471 e. The minimum absolute atomic E-state index is 0.0296. The topological polar surface area (TPSA) is 118 Å². The van der Waals surface area contributed by atoms with Crippen molar-refractivity contribution >= 4 is 29.1 Å². The fourth-order valence-corrected chi connectivity index (χ4v) is 3.96. The van der Waals surface area contributed by atoms with E-state index in [1.54, 1.807) is 5.32 Å². The quantitative estimate of drug-likeness (QED) is 0.230. The summed E-state index contributed by atoms with van der Waals surface area (Å²) in [6, 6.07) is 10.7. The molecule has 220 valence electrons. The van der Waals surface area contributed by atoms with Crippen molar-refractivity contribution in [1.82, 2.24) is 20.1 Å². The Morgan fingerprint density at radius 3 is 2.50 bits per heavy atom. The van der Waals surface area contributed by atoms with Crippen molar-refractivity contribution in [3.05, 3.63) is 92.6 Å². The highest BCUT2D eigenvalue weighted by molar-refractivity contribution is 6.33. The first kappa shape index (κ1) is 30.2. The molecule has 0 unspecified atom stereocenters. The molecule has 0 radical (unpaired) electrons. The van der Waals surface area contributed by atoms with Gasteiger partial charge in [0.15, 0.2) is 5.82 Å². The molecule has 42 heavy (non-hydrogen) atoms. The number of anilines is 1. The molecule has 0 aliphatic rings. The Bertz CT molecular complexity index is 1720. The first-order valence-electron chi connectivity index (χ1n) is 11.7. The number of amides is 2. The first-order valence-corrected chi connectivity index (χ1v) is 12.1. The summed E-state index contributed by atoms with van der Waals surface area (Å²) in [5, 5.41) is 8.38. The second-order valence-corrected chi connectivity index (χ2v) is 8.97. The van der Waals surface area contributed by atoms with E-state index in [9.17, 15) is 40.7 Å². The van der Waals surface area contributed by atoms with E-state index < -0.39 is 48.0 Å². The van der Waals surface area contributed by atoms with Crippen LogP contribution in [0.2, 0.25) is 5.02 Å². The van der Waals surface area contributed by atoms with E-state index in [-0.39, 0.29) is 44.7 Å². The largest absolute Gasteiger partial charge is 0.496 e. The van der Waals surface area contributed by atoms with E-state index in [0.717, 1.165) is 22.9 Å². The van der Waals surface area contributed by atoms with E-state index >= 15 is 0 Å². The second kappa shape index (κ2) is 12.0. The Morgan fingerprint density at radius 2 is 1.83 bits per heavy atom. The van der Waals surface area contributed by atoms with Gasteiger partial charge in [0.05, 0.1) is 28.9 Å². The fourth-order valence-electron chi connectivity index (χ4n) is 3.75. The summed E-state index contributed by atoms with van der Waals surface area (Å²) in [6.45, 7) is -0.477. The predicted octanol–water partition coefficient (Wildman–Crippen LogP) is 5.40. The summed E-state index contributed by atoms with van der Waals surface area (Å²) in [6.07, 6.45) is -8.16. The molecule has 3 aromatic carbocycles. The van der Waals surface area contributed by atoms with Gasteiger partial charge in [0, 0.05) is 23.9 Å². The molecule has 0 saturated carbocycles. The summed E-state index contributed by atoms with van der Waals surface area (Å²) in [4.78, 5) is 39.1. The van der Waals surface area contributed by atoms with E-state index in [1.807, 2.05) is 0 Å². The standard InChI is InChI=1S/C26H18ClF6N5O4/c1-42-20-10-14(4-5-15(20)23(39)35-13-3-7-19(28)17(9-13)21(29)30)38-25(41)36-22(37-38)16-8-12(2-6-18(16)27)11-34-24(40)26(31,32)33/h2-10,21H,11H2,1H3,(H,34,40)(H,35,39)(H,36,37,41). The number of rotatable bonds is 8. The molecule has 1 heterocycles. The lowest BCUT2D eigenvalue weighted by atomic mass is 10.1. The molecular formula is C26H18ClF6N5O4. The number of H-pyrrole nitrogens is 1. The Morgan fingerprint density at radius 1 is 1.10 bits per heavy atom. The van der Waals surface area contributed by atoms with E-state index in [4.69, 9.17) is 16.3 Å². The number of halogens is 7. The molecule has 0 saturated heterocycles. The van der Waals surface area contributed by atoms with Gasteiger partial charge in [-0.2, -0.15) is 17.9 Å². The molecule has 0 spiro atoms.